The first-order valence-electron chi connectivity index (χ1n) is 6.64. The van der Waals surface area contributed by atoms with E-state index in [2.05, 4.69) is 10.4 Å². The Balaban J connectivity index is 1.76. The summed E-state index contributed by atoms with van der Waals surface area (Å²) in [4.78, 5) is 12.1. The number of benzene rings is 1. The molecule has 2 aromatic rings. The molecule has 2 heterocycles. The Morgan fingerprint density at radius 3 is 2.81 bits per heavy atom. The van der Waals surface area contributed by atoms with Gasteiger partial charge in [-0.25, -0.2) is 4.68 Å². The number of anilines is 2. The molecule has 0 bridgehead atoms. The molecule has 0 saturated carbocycles. The van der Waals surface area contributed by atoms with Gasteiger partial charge < -0.3 is 20.5 Å². The van der Waals surface area contributed by atoms with Gasteiger partial charge in [-0.1, -0.05) is 0 Å². The number of nitrogen functional groups attached to an aromatic ring is 1. The Hall–Kier alpha value is -2.38. The van der Waals surface area contributed by atoms with E-state index in [9.17, 15) is 4.79 Å². The second kappa shape index (κ2) is 5.94. The number of ether oxygens (including phenoxy) is 2. The van der Waals surface area contributed by atoms with Gasteiger partial charge in [-0.15, -0.1) is 0 Å². The van der Waals surface area contributed by atoms with E-state index in [1.54, 1.807) is 29.1 Å². The molecule has 1 aromatic carbocycles. The molecule has 110 valence electrons. The Morgan fingerprint density at radius 2 is 2.10 bits per heavy atom. The fraction of sp³-hybridized carbons (Fsp3) is 0.286. The van der Waals surface area contributed by atoms with Crippen molar-refractivity contribution in [1.82, 2.24) is 9.78 Å². The lowest BCUT2D eigenvalue weighted by atomic mass is 10.3. The van der Waals surface area contributed by atoms with Gasteiger partial charge in [0.25, 0.3) is 5.91 Å². The first-order valence-corrected chi connectivity index (χ1v) is 6.64. The molecule has 1 unspecified atom stereocenters. The molecule has 3 N–H and O–H groups in total. The molecule has 1 amide bonds. The number of aromatic nitrogens is 2. The summed E-state index contributed by atoms with van der Waals surface area (Å²) in [5.74, 6) is 0.325. The zero-order valence-corrected chi connectivity index (χ0v) is 11.4. The van der Waals surface area contributed by atoms with Gasteiger partial charge in [-0.2, -0.15) is 5.10 Å². The number of carbonyl (C=O) groups excluding carboxylic acids is 1. The summed E-state index contributed by atoms with van der Waals surface area (Å²) in [7, 11) is 0. The molecule has 1 saturated heterocycles. The van der Waals surface area contributed by atoms with Crippen molar-refractivity contribution in [3.8, 4) is 5.69 Å². The lowest BCUT2D eigenvalue weighted by Gasteiger charge is -2.22. The van der Waals surface area contributed by atoms with Crippen LogP contribution in [0.2, 0.25) is 0 Å². The summed E-state index contributed by atoms with van der Waals surface area (Å²) in [5, 5.41) is 7.00. The highest BCUT2D eigenvalue weighted by molar-refractivity contribution is 5.93. The average molecular weight is 288 g/mol. The van der Waals surface area contributed by atoms with Gasteiger partial charge in [0.15, 0.2) is 6.10 Å². The summed E-state index contributed by atoms with van der Waals surface area (Å²) >= 11 is 0. The van der Waals surface area contributed by atoms with Crippen molar-refractivity contribution in [3.63, 3.8) is 0 Å². The third-order valence-electron chi connectivity index (χ3n) is 3.14. The van der Waals surface area contributed by atoms with Crippen molar-refractivity contribution in [2.24, 2.45) is 0 Å². The molecule has 1 atom stereocenters. The molecule has 1 aliphatic rings. The quantitative estimate of drug-likeness (QED) is 0.815. The number of hydrogen-bond donors (Lipinski definition) is 2. The fourth-order valence-corrected chi connectivity index (χ4v) is 2.07. The zero-order valence-electron chi connectivity index (χ0n) is 11.4. The van der Waals surface area contributed by atoms with Crippen LogP contribution in [0.4, 0.5) is 11.5 Å². The highest BCUT2D eigenvalue weighted by Crippen LogP contribution is 2.17. The first kappa shape index (κ1) is 13.6. The van der Waals surface area contributed by atoms with E-state index in [1.165, 1.54) is 0 Å². The monoisotopic (exact) mass is 288 g/mol. The highest BCUT2D eigenvalue weighted by atomic mass is 16.6. The second-order valence-electron chi connectivity index (χ2n) is 4.64. The van der Waals surface area contributed by atoms with Crippen molar-refractivity contribution in [1.29, 1.82) is 0 Å². The Bertz CT molecular complexity index is 617. The Morgan fingerprint density at radius 1 is 1.29 bits per heavy atom. The molecule has 1 fully saturated rings. The lowest BCUT2D eigenvalue weighted by molar-refractivity contribution is -0.142. The number of rotatable bonds is 3. The van der Waals surface area contributed by atoms with Crippen LogP contribution in [0, 0.1) is 0 Å². The maximum absolute atomic E-state index is 12.1. The van der Waals surface area contributed by atoms with Crippen molar-refractivity contribution in [3.05, 3.63) is 36.5 Å². The van der Waals surface area contributed by atoms with E-state index in [1.807, 2.05) is 12.1 Å². The van der Waals surface area contributed by atoms with Crippen LogP contribution in [0.1, 0.15) is 0 Å². The highest BCUT2D eigenvalue weighted by Gasteiger charge is 2.23. The van der Waals surface area contributed by atoms with E-state index >= 15 is 0 Å². The third-order valence-corrected chi connectivity index (χ3v) is 3.14. The van der Waals surface area contributed by atoms with Gasteiger partial charge in [0.2, 0.25) is 0 Å². The van der Waals surface area contributed by atoms with Crippen LogP contribution >= 0.6 is 0 Å². The van der Waals surface area contributed by atoms with Crippen LogP contribution in [0.5, 0.6) is 0 Å². The molecule has 21 heavy (non-hydrogen) atoms. The van der Waals surface area contributed by atoms with Gasteiger partial charge in [-0.3, -0.25) is 4.79 Å². The SMILES string of the molecule is Nc1ccc(-n2nccc2NC(=O)C2COCCO2)cc1. The fourth-order valence-electron chi connectivity index (χ4n) is 2.07. The summed E-state index contributed by atoms with van der Waals surface area (Å²) < 4.78 is 12.2. The zero-order chi connectivity index (χ0) is 14.7. The average Bonchev–Trinajstić information content (AvgIpc) is 2.97. The van der Waals surface area contributed by atoms with Crippen LogP contribution < -0.4 is 11.1 Å². The smallest absolute Gasteiger partial charge is 0.257 e. The van der Waals surface area contributed by atoms with Crippen molar-refractivity contribution in [2.75, 3.05) is 30.9 Å². The molecular formula is C14H16N4O3. The molecule has 1 aromatic heterocycles. The Labute approximate surface area is 121 Å². The molecule has 0 aliphatic carbocycles. The van der Waals surface area contributed by atoms with Crippen LogP contribution in [-0.4, -0.2) is 41.6 Å². The minimum absolute atomic E-state index is 0.244. The van der Waals surface area contributed by atoms with Crippen LogP contribution in [-0.2, 0) is 14.3 Å². The molecule has 7 heteroatoms. The second-order valence-corrected chi connectivity index (χ2v) is 4.64. The maximum Gasteiger partial charge on any atom is 0.257 e. The summed E-state index contributed by atoms with van der Waals surface area (Å²) in [6, 6.07) is 8.94. The molecule has 0 spiro atoms. The van der Waals surface area contributed by atoms with Gasteiger partial charge >= 0.3 is 0 Å². The third kappa shape index (κ3) is 3.04. The first-order chi connectivity index (χ1) is 10.2. The van der Waals surface area contributed by atoms with Crippen LogP contribution in [0.3, 0.4) is 0 Å². The summed E-state index contributed by atoms with van der Waals surface area (Å²) in [5.41, 5.74) is 7.15. The minimum Gasteiger partial charge on any atom is -0.399 e. The summed E-state index contributed by atoms with van der Waals surface area (Å²) in [6.07, 6.45) is 1.03. The number of nitrogens with one attached hydrogen (secondary N) is 1. The van der Waals surface area contributed by atoms with Gasteiger partial charge in [0.05, 0.1) is 31.7 Å². The topological polar surface area (TPSA) is 91.4 Å². The summed E-state index contributed by atoms with van der Waals surface area (Å²) in [6.45, 7) is 1.21. The predicted octanol–water partition coefficient (Wildman–Crippen LogP) is 0.808. The molecule has 7 nitrogen and oxygen atoms in total. The number of nitrogens with two attached hydrogens (primary N) is 1. The van der Waals surface area contributed by atoms with Crippen LogP contribution in [0.15, 0.2) is 36.5 Å². The van der Waals surface area contributed by atoms with E-state index in [0.717, 1.165) is 5.69 Å². The van der Waals surface area contributed by atoms with E-state index in [4.69, 9.17) is 15.2 Å². The van der Waals surface area contributed by atoms with Crippen LogP contribution in [0.25, 0.3) is 5.69 Å². The van der Waals surface area contributed by atoms with Gasteiger partial charge in [0.1, 0.15) is 5.82 Å². The van der Waals surface area contributed by atoms with E-state index < -0.39 is 6.10 Å². The predicted molar refractivity (Wildman–Crippen MR) is 77.2 cm³/mol. The number of carbonyl (C=O) groups is 1. The van der Waals surface area contributed by atoms with Gasteiger partial charge in [-0.05, 0) is 24.3 Å². The normalized spacial score (nSPS) is 18.4. The minimum atomic E-state index is -0.589. The van der Waals surface area contributed by atoms with E-state index in [-0.39, 0.29) is 12.5 Å². The van der Waals surface area contributed by atoms with Crippen molar-refractivity contribution in [2.45, 2.75) is 6.10 Å². The molecule has 3 rings (SSSR count). The largest absolute Gasteiger partial charge is 0.399 e. The molecular weight excluding hydrogens is 272 g/mol. The van der Waals surface area contributed by atoms with E-state index in [0.29, 0.717) is 24.7 Å². The van der Waals surface area contributed by atoms with Crippen molar-refractivity contribution < 1.29 is 14.3 Å². The number of amides is 1. The molecule has 0 radical (unpaired) electrons. The maximum atomic E-state index is 12.1. The number of nitrogens with zero attached hydrogens (tertiary/aromatic N) is 2. The lowest BCUT2D eigenvalue weighted by Crippen LogP contribution is -2.39. The Kier molecular flexibility index (Phi) is 3.85. The van der Waals surface area contributed by atoms with Gasteiger partial charge in [0, 0.05) is 11.8 Å². The standard InChI is InChI=1S/C14H16N4O3/c15-10-1-3-11(4-2-10)18-13(5-6-16-18)17-14(19)12-9-20-7-8-21-12/h1-6,12H,7-9,15H2,(H,17,19). The van der Waals surface area contributed by atoms with Crippen molar-refractivity contribution >= 4 is 17.4 Å². The molecule has 1 aliphatic heterocycles. The number of hydrogen-bond acceptors (Lipinski definition) is 5.